The fourth-order valence-electron chi connectivity index (χ4n) is 2.98. The third-order valence-electron chi connectivity index (χ3n) is 4.46. The van der Waals surface area contributed by atoms with Gasteiger partial charge in [0.05, 0.1) is 0 Å². The van der Waals surface area contributed by atoms with Gasteiger partial charge in [-0.25, -0.2) is 0 Å². The van der Waals surface area contributed by atoms with Crippen LogP contribution in [0, 0.1) is 11.8 Å². The molecule has 4 nitrogen and oxygen atoms in total. The Balaban J connectivity index is 2.56. The average molecular weight is 255 g/mol. The molecule has 0 saturated heterocycles. The molecule has 1 fully saturated rings. The molecule has 0 aliphatic heterocycles. The van der Waals surface area contributed by atoms with Crippen molar-refractivity contribution in [2.45, 2.75) is 65.5 Å². The molecule has 4 heteroatoms. The van der Waals surface area contributed by atoms with Crippen LogP contribution < -0.4 is 5.73 Å². The molecule has 1 saturated carbocycles. The molecule has 106 valence electrons. The monoisotopic (exact) mass is 255 g/mol. The van der Waals surface area contributed by atoms with Crippen molar-refractivity contribution in [1.29, 1.82) is 0 Å². The van der Waals surface area contributed by atoms with Gasteiger partial charge < -0.3 is 10.9 Å². The fourth-order valence-corrected chi connectivity index (χ4v) is 2.98. The van der Waals surface area contributed by atoms with Gasteiger partial charge in [0.2, 0.25) is 0 Å². The molecule has 0 aromatic carbocycles. The molecule has 0 heterocycles. The first kappa shape index (κ1) is 15.3. The molecule has 1 rings (SSSR count). The van der Waals surface area contributed by atoms with Gasteiger partial charge >= 0.3 is 0 Å². The highest BCUT2D eigenvalue weighted by Gasteiger charge is 2.29. The second kappa shape index (κ2) is 6.98. The maximum atomic E-state index is 8.62. The third-order valence-corrected chi connectivity index (χ3v) is 4.46. The summed E-state index contributed by atoms with van der Waals surface area (Å²) in [4.78, 5) is 2.51. The Hall–Kier alpha value is -0.770. The summed E-state index contributed by atoms with van der Waals surface area (Å²) in [6, 6.07) is 1.17. The summed E-state index contributed by atoms with van der Waals surface area (Å²) in [6.45, 7) is 10.1. The Kier molecular flexibility index (Phi) is 5.93. The standard InChI is InChI=1S/C14H29N3O/c1-10(2)17(8-7-14(15)16-18)13-6-5-11(3)12(4)9-13/h10-13,18H,5-9H2,1-4H3,(H2,15,16). The predicted octanol–water partition coefficient (Wildman–Crippen LogP) is 2.66. The molecule has 0 bridgehead atoms. The average Bonchev–Trinajstić information content (AvgIpc) is 2.33. The van der Waals surface area contributed by atoms with E-state index < -0.39 is 0 Å². The van der Waals surface area contributed by atoms with E-state index in [0.29, 0.717) is 24.3 Å². The van der Waals surface area contributed by atoms with E-state index in [-0.39, 0.29) is 0 Å². The quantitative estimate of drug-likeness (QED) is 0.343. The lowest BCUT2D eigenvalue weighted by Gasteiger charge is -2.41. The summed E-state index contributed by atoms with van der Waals surface area (Å²) >= 11 is 0. The van der Waals surface area contributed by atoms with Crippen LogP contribution in [0.5, 0.6) is 0 Å². The number of amidine groups is 1. The van der Waals surface area contributed by atoms with Crippen molar-refractivity contribution in [3.05, 3.63) is 0 Å². The van der Waals surface area contributed by atoms with E-state index in [1.165, 1.54) is 19.3 Å². The molecule has 1 aliphatic rings. The molecular weight excluding hydrogens is 226 g/mol. The molecule has 0 amide bonds. The van der Waals surface area contributed by atoms with Crippen molar-refractivity contribution in [3.8, 4) is 0 Å². The van der Waals surface area contributed by atoms with Crippen molar-refractivity contribution < 1.29 is 5.21 Å². The molecule has 3 unspecified atom stereocenters. The van der Waals surface area contributed by atoms with E-state index in [1.807, 2.05) is 0 Å². The van der Waals surface area contributed by atoms with E-state index in [9.17, 15) is 0 Å². The number of nitrogens with two attached hydrogens (primary N) is 1. The number of nitrogens with zero attached hydrogens (tertiary/aromatic N) is 2. The number of hydrogen-bond donors (Lipinski definition) is 2. The van der Waals surface area contributed by atoms with Crippen LogP contribution >= 0.6 is 0 Å². The molecule has 0 radical (unpaired) electrons. The first-order valence-electron chi connectivity index (χ1n) is 7.17. The Bertz CT molecular complexity index is 278. The van der Waals surface area contributed by atoms with Gasteiger partial charge in [0.1, 0.15) is 5.84 Å². The maximum absolute atomic E-state index is 8.62. The smallest absolute Gasteiger partial charge is 0.140 e. The summed E-state index contributed by atoms with van der Waals surface area (Å²) in [5.41, 5.74) is 5.57. The zero-order chi connectivity index (χ0) is 13.7. The minimum absolute atomic E-state index is 0.331. The van der Waals surface area contributed by atoms with Gasteiger partial charge in [-0.3, -0.25) is 4.90 Å². The van der Waals surface area contributed by atoms with Crippen LogP contribution in [-0.2, 0) is 0 Å². The lowest BCUT2D eigenvalue weighted by atomic mass is 9.78. The van der Waals surface area contributed by atoms with Gasteiger partial charge in [-0.05, 0) is 44.9 Å². The number of hydrogen-bond acceptors (Lipinski definition) is 3. The van der Waals surface area contributed by atoms with Gasteiger partial charge in [-0.1, -0.05) is 19.0 Å². The second-order valence-corrected chi connectivity index (χ2v) is 6.09. The molecule has 3 atom stereocenters. The zero-order valence-corrected chi connectivity index (χ0v) is 12.3. The molecular formula is C14H29N3O. The lowest BCUT2D eigenvalue weighted by molar-refractivity contribution is 0.0856. The van der Waals surface area contributed by atoms with Crippen LogP contribution in [0.3, 0.4) is 0 Å². The normalized spacial score (nSPS) is 30.1. The molecule has 0 aromatic rings. The highest BCUT2D eigenvalue weighted by Crippen LogP contribution is 2.32. The van der Waals surface area contributed by atoms with Gasteiger partial charge in [-0.15, -0.1) is 0 Å². The van der Waals surface area contributed by atoms with Crippen LogP contribution in [0.15, 0.2) is 5.16 Å². The molecule has 1 aliphatic carbocycles. The number of oxime groups is 1. The largest absolute Gasteiger partial charge is 0.409 e. The Morgan fingerprint density at radius 1 is 1.33 bits per heavy atom. The minimum Gasteiger partial charge on any atom is -0.409 e. The van der Waals surface area contributed by atoms with Crippen LogP contribution in [0.25, 0.3) is 0 Å². The number of rotatable bonds is 5. The van der Waals surface area contributed by atoms with E-state index in [2.05, 4.69) is 37.8 Å². The molecule has 18 heavy (non-hydrogen) atoms. The van der Waals surface area contributed by atoms with Gasteiger partial charge in [-0.2, -0.15) is 0 Å². The third kappa shape index (κ3) is 4.16. The second-order valence-electron chi connectivity index (χ2n) is 6.09. The minimum atomic E-state index is 0.331. The van der Waals surface area contributed by atoms with Gasteiger partial charge in [0.25, 0.3) is 0 Å². The first-order valence-corrected chi connectivity index (χ1v) is 7.17. The van der Waals surface area contributed by atoms with Crippen molar-refractivity contribution in [1.82, 2.24) is 4.90 Å². The summed E-state index contributed by atoms with van der Waals surface area (Å²) in [5, 5.41) is 11.7. The summed E-state index contributed by atoms with van der Waals surface area (Å²) in [5.74, 6) is 1.98. The van der Waals surface area contributed by atoms with Crippen LogP contribution in [-0.4, -0.2) is 34.6 Å². The van der Waals surface area contributed by atoms with E-state index in [0.717, 1.165) is 18.4 Å². The molecule has 0 spiro atoms. The van der Waals surface area contributed by atoms with Crippen molar-refractivity contribution in [2.24, 2.45) is 22.7 Å². The predicted molar refractivity (Wildman–Crippen MR) is 75.8 cm³/mol. The van der Waals surface area contributed by atoms with E-state index >= 15 is 0 Å². The van der Waals surface area contributed by atoms with Crippen molar-refractivity contribution >= 4 is 5.84 Å². The van der Waals surface area contributed by atoms with Gasteiger partial charge in [0, 0.05) is 25.0 Å². The van der Waals surface area contributed by atoms with Crippen molar-refractivity contribution in [3.63, 3.8) is 0 Å². The highest BCUT2D eigenvalue weighted by molar-refractivity contribution is 5.79. The molecule has 0 aromatic heterocycles. The van der Waals surface area contributed by atoms with Crippen LogP contribution in [0.4, 0.5) is 0 Å². The molecule has 3 N–H and O–H groups in total. The van der Waals surface area contributed by atoms with Crippen LogP contribution in [0.1, 0.15) is 53.4 Å². The first-order chi connectivity index (χ1) is 8.45. The summed E-state index contributed by atoms with van der Waals surface area (Å²) in [6.07, 6.45) is 4.52. The zero-order valence-electron chi connectivity index (χ0n) is 12.3. The Labute approximate surface area is 111 Å². The van der Waals surface area contributed by atoms with E-state index in [1.54, 1.807) is 0 Å². The van der Waals surface area contributed by atoms with E-state index in [4.69, 9.17) is 10.9 Å². The summed E-state index contributed by atoms with van der Waals surface area (Å²) in [7, 11) is 0. The van der Waals surface area contributed by atoms with Crippen LogP contribution in [0.2, 0.25) is 0 Å². The summed E-state index contributed by atoms with van der Waals surface area (Å²) < 4.78 is 0. The fraction of sp³-hybridized carbons (Fsp3) is 0.929. The Morgan fingerprint density at radius 3 is 2.50 bits per heavy atom. The Morgan fingerprint density at radius 2 is 2.00 bits per heavy atom. The SMILES string of the molecule is CC1CCC(N(CC/C(N)=N/O)C(C)C)CC1C. The van der Waals surface area contributed by atoms with Gasteiger partial charge in [0.15, 0.2) is 0 Å². The van der Waals surface area contributed by atoms with Crippen molar-refractivity contribution in [2.75, 3.05) is 6.54 Å². The topological polar surface area (TPSA) is 61.8 Å². The highest BCUT2D eigenvalue weighted by atomic mass is 16.4. The lowest BCUT2D eigenvalue weighted by Crippen LogP contribution is -2.45. The maximum Gasteiger partial charge on any atom is 0.140 e.